The number of methoxy groups -OCH3 is 1. The number of aryl methyl sites for hydroxylation is 1. The summed E-state index contributed by atoms with van der Waals surface area (Å²) in [7, 11) is 1.61. The van der Waals surface area contributed by atoms with E-state index in [4.69, 9.17) is 9.47 Å². The minimum atomic E-state index is -0.0883. The molecular weight excluding hydrogens is 342 g/mol. The van der Waals surface area contributed by atoms with Crippen molar-refractivity contribution in [3.05, 3.63) is 78.1 Å². The number of hydrogen-bond acceptors (Lipinski definition) is 4. The van der Waals surface area contributed by atoms with Gasteiger partial charge in [-0.15, -0.1) is 0 Å². The van der Waals surface area contributed by atoms with Crippen LogP contribution in [-0.4, -0.2) is 29.3 Å². The van der Waals surface area contributed by atoms with Crippen molar-refractivity contribution in [2.24, 2.45) is 0 Å². The van der Waals surface area contributed by atoms with Gasteiger partial charge in [-0.25, -0.2) is 0 Å². The highest BCUT2D eigenvalue weighted by Crippen LogP contribution is 2.26. The van der Waals surface area contributed by atoms with E-state index in [1.165, 1.54) is 0 Å². The molecule has 1 amide bonds. The Labute approximate surface area is 158 Å². The lowest BCUT2D eigenvalue weighted by Crippen LogP contribution is -2.25. The third-order valence-electron chi connectivity index (χ3n) is 4.06. The molecule has 0 saturated carbocycles. The number of nitrogens with zero attached hydrogens (tertiary/aromatic N) is 2. The van der Waals surface area contributed by atoms with Gasteiger partial charge in [-0.05, 0) is 42.3 Å². The molecule has 140 valence electrons. The fourth-order valence-electron chi connectivity index (χ4n) is 2.68. The highest BCUT2D eigenvalue weighted by molar-refractivity contribution is 5.94. The third-order valence-corrected chi connectivity index (χ3v) is 4.06. The Kier molecular flexibility index (Phi) is 6.46. The Hall–Kier alpha value is -3.28. The van der Waals surface area contributed by atoms with E-state index in [-0.39, 0.29) is 5.91 Å². The summed E-state index contributed by atoms with van der Waals surface area (Å²) in [6.45, 7) is 1.74. The highest BCUT2D eigenvalue weighted by Gasteiger charge is 2.07. The molecule has 0 spiro atoms. The number of rotatable bonds is 9. The standard InChI is InChI=1S/C21H23N3O3/c1-26-19-9-2-3-10-20(19)27-16-17-7-4-8-18(15-17)21(25)22-11-5-13-24-14-6-12-23-24/h2-4,6-10,12,14-15H,5,11,13,16H2,1H3,(H,22,25). The highest BCUT2D eigenvalue weighted by atomic mass is 16.5. The van der Waals surface area contributed by atoms with Crippen LogP contribution in [0.2, 0.25) is 0 Å². The summed E-state index contributed by atoms with van der Waals surface area (Å²) in [5, 5.41) is 7.08. The van der Waals surface area contributed by atoms with E-state index in [0.29, 0.717) is 30.2 Å². The predicted molar refractivity (Wildman–Crippen MR) is 103 cm³/mol. The zero-order chi connectivity index (χ0) is 18.9. The Morgan fingerprint density at radius 2 is 1.96 bits per heavy atom. The van der Waals surface area contributed by atoms with Crippen LogP contribution in [0.25, 0.3) is 0 Å². The summed E-state index contributed by atoms with van der Waals surface area (Å²) < 4.78 is 13.0. The number of ether oxygens (including phenoxy) is 2. The topological polar surface area (TPSA) is 65.4 Å². The number of amides is 1. The molecule has 0 atom stereocenters. The monoisotopic (exact) mass is 365 g/mol. The van der Waals surface area contributed by atoms with E-state index in [1.54, 1.807) is 19.4 Å². The molecule has 0 unspecified atom stereocenters. The van der Waals surface area contributed by atoms with Gasteiger partial charge in [-0.1, -0.05) is 24.3 Å². The molecule has 6 heteroatoms. The fourth-order valence-corrected chi connectivity index (χ4v) is 2.68. The van der Waals surface area contributed by atoms with Crippen LogP contribution in [0.15, 0.2) is 67.0 Å². The van der Waals surface area contributed by atoms with Crippen molar-refractivity contribution in [2.75, 3.05) is 13.7 Å². The Morgan fingerprint density at radius 1 is 1.11 bits per heavy atom. The lowest BCUT2D eigenvalue weighted by molar-refractivity contribution is 0.0952. The predicted octanol–water partition coefficient (Wildman–Crippen LogP) is 3.29. The average molecular weight is 365 g/mol. The lowest BCUT2D eigenvalue weighted by Gasteiger charge is -2.11. The maximum atomic E-state index is 12.3. The van der Waals surface area contributed by atoms with Gasteiger partial charge < -0.3 is 14.8 Å². The maximum Gasteiger partial charge on any atom is 0.251 e. The molecule has 1 heterocycles. The first-order chi connectivity index (χ1) is 13.3. The number of carbonyl (C=O) groups is 1. The third kappa shape index (κ3) is 5.34. The Bertz CT molecular complexity index is 863. The fraction of sp³-hybridized carbons (Fsp3) is 0.238. The summed E-state index contributed by atoms with van der Waals surface area (Å²) >= 11 is 0. The summed E-state index contributed by atoms with van der Waals surface area (Å²) in [4.78, 5) is 12.3. The quantitative estimate of drug-likeness (QED) is 0.591. The van der Waals surface area contributed by atoms with E-state index < -0.39 is 0 Å². The first-order valence-electron chi connectivity index (χ1n) is 8.86. The SMILES string of the molecule is COc1ccccc1OCc1cccc(C(=O)NCCCn2cccn2)c1. The molecule has 0 saturated heterocycles. The van der Waals surface area contributed by atoms with E-state index in [0.717, 1.165) is 18.5 Å². The van der Waals surface area contributed by atoms with Crippen molar-refractivity contribution in [3.63, 3.8) is 0 Å². The van der Waals surface area contributed by atoms with Crippen LogP contribution < -0.4 is 14.8 Å². The second-order valence-corrected chi connectivity index (χ2v) is 6.02. The molecule has 3 rings (SSSR count). The molecular formula is C21H23N3O3. The smallest absolute Gasteiger partial charge is 0.251 e. The Balaban J connectivity index is 1.51. The summed E-state index contributed by atoms with van der Waals surface area (Å²) in [6, 6.07) is 16.8. The molecule has 0 bridgehead atoms. The molecule has 0 radical (unpaired) electrons. The van der Waals surface area contributed by atoms with Crippen molar-refractivity contribution in [3.8, 4) is 11.5 Å². The van der Waals surface area contributed by atoms with Gasteiger partial charge in [0.1, 0.15) is 6.61 Å². The summed E-state index contributed by atoms with van der Waals surface area (Å²) in [5.41, 5.74) is 1.54. The van der Waals surface area contributed by atoms with Crippen LogP contribution in [0, 0.1) is 0 Å². The van der Waals surface area contributed by atoms with Crippen molar-refractivity contribution in [1.82, 2.24) is 15.1 Å². The molecule has 6 nitrogen and oxygen atoms in total. The van der Waals surface area contributed by atoms with Crippen LogP contribution in [0.5, 0.6) is 11.5 Å². The van der Waals surface area contributed by atoms with Crippen LogP contribution in [-0.2, 0) is 13.2 Å². The van der Waals surface area contributed by atoms with Gasteiger partial charge in [0.15, 0.2) is 11.5 Å². The van der Waals surface area contributed by atoms with Crippen molar-refractivity contribution >= 4 is 5.91 Å². The van der Waals surface area contributed by atoms with Crippen molar-refractivity contribution < 1.29 is 14.3 Å². The zero-order valence-electron chi connectivity index (χ0n) is 15.3. The van der Waals surface area contributed by atoms with Gasteiger partial charge in [0, 0.05) is 31.0 Å². The minimum Gasteiger partial charge on any atom is -0.493 e. The Morgan fingerprint density at radius 3 is 2.74 bits per heavy atom. The summed E-state index contributed by atoms with van der Waals surface area (Å²) in [6.07, 6.45) is 4.48. The first kappa shape index (κ1) is 18.5. The molecule has 0 fully saturated rings. The van der Waals surface area contributed by atoms with Crippen LogP contribution >= 0.6 is 0 Å². The van der Waals surface area contributed by atoms with Crippen LogP contribution in [0.4, 0.5) is 0 Å². The molecule has 3 aromatic rings. The molecule has 1 aromatic heterocycles. The largest absolute Gasteiger partial charge is 0.493 e. The van der Waals surface area contributed by atoms with Crippen molar-refractivity contribution in [2.45, 2.75) is 19.6 Å². The van der Waals surface area contributed by atoms with E-state index in [1.807, 2.05) is 59.4 Å². The lowest BCUT2D eigenvalue weighted by atomic mass is 10.1. The normalized spacial score (nSPS) is 10.4. The number of nitrogens with one attached hydrogen (secondary N) is 1. The molecule has 0 aliphatic heterocycles. The van der Waals surface area contributed by atoms with Crippen LogP contribution in [0.3, 0.4) is 0 Å². The molecule has 0 aliphatic carbocycles. The second-order valence-electron chi connectivity index (χ2n) is 6.02. The van der Waals surface area contributed by atoms with E-state index >= 15 is 0 Å². The number of para-hydroxylation sites is 2. The van der Waals surface area contributed by atoms with Crippen LogP contribution in [0.1, 0.15) is 22.3 Å². The number of hydrogen-bond donors (Lipinski definition) is 1. The molecule has 2 aromatic carbocycles. The zero-order valence-corrected chi connectivity index (χ0v) is 15.3. The van der Waals surface area contributed by atoms with Gasteiger partial charge in [0.2, 0.25) is 0 Å². The van der Waals surface area contributed by atoms with Gasteiger partial charge in [-0.2, -0.15) is 5.10 Å². The number of benzene rings is 2. The van der Waals surface area contributed by atoms with Gasteiger partial charge >= 0.3 is 0 Å². The van der Waals surface area contributed by atoms with Gasteiger partial charge in [0.05, 0.1) is 7.11 Å². The molecule has 0 aliphatic rings. The van der Waals surface area contributed by atoms with Gasteiger partial charge in [0.25, 0.3) is 5.91 Å². The molecule has 27 heavy (non-hydrogen) atoms. The van der Waals surface area contributed by atoms with Crippen molar-refractivity contribution in [1.29, 1.82) is 0 Å². The first-order valence-corrected chi connectivity index (χ1v) is 8.86. The summed E-state index contributed by atoms with van der Waals surface area (Å²) in [5.74, 6) is 1.27. The van der Waals surface area contributed by atoms with E-state index in [9.17, 15) is 4.79 Å². The number of aromatic nitrogens is 2. The maximum absolute atomic E-state index is 12.3. The molecule has 1 N–H and O–H groups in total. The van der Waals surface area contributed by atoms with E-state index in [2.05, 4.69) is 10.4 Å². The number of carbonyl (C=O) groups excluding carboxylic acids is 1. The second kappa shape index (κ2) is 9.43. The minimum absolute atomic E-state index is 0.0883. The average Bonchev–Trinajstić information content (AvgIpc) is 3.23. The van der Waals surface area contributed by atoms with Gasteiger partial charge in [-0.3, -0.25) is 9.48 Å².